The number of rotatable bonds is 3. The highest BCUT2D eigenvalue weighted by Gasteiger charge is 2.47. The fraction of sp³-hybridized carbons (Fsp3) is 0.170. The summed E-state index contributed by atoms with van der Waals surface area (Å²) in [7, 11) is 0. The topological polar surface area (TPSA) is 20.2 Å². The molecule has 2 unspecified atom stereocenters. The number of aliphatic hydroxyl groups excluding tert-OH is 1. The van der Waals surface area contributed by atoms with Crippen LogP contribution in [0.4, 0.5) is 0 Å². The molecule has 0 aliphatic heterocycles. The SMILES string of the molecule is C/C=c1/cccc2ccc3c(c12)CC=CC=3/C(C)=C/C1=C(O)C2C=CC(c3ccc4ccc5cccc6c5c4c3C=C=C6)=CC2C1(C)C. The predicted molar refractivity (Wildman–Crippen MR) is 205 cm³/mol. The van der Waals surface area contributed by atoms with Crippen molar-refractivity contribution < 1.29 is 5.11 Å². The van der Waals surface area contributed by atoms with Crippen LogP contribution in [0, 0.1) is 17.3 Å². The molecule has 0 radical (unpaired) electrons. The first-order valence-corrected chi connectivity index (χ1v) is 17.2. The van der Waals surface area contributed by atoms with Gasteiger partial charge in [-0.25, -0.2) is 0 Å². The van der Waals surface area contributed by atoms with Gasteiger partial charge < -0.3 is 5.11 Å². The van der Waals surface area contributed by atoms with Crippen LogP contribution in [0.1, 0.15) is 49.9 Å². The molecule has 1 nitrogen and oxygen atoms in total. The average molecular weight is 619 g/mol. The predicted octanol–water partition coefficient (Wildman–Crippen LogP) is 10.5. The fourth-order valence-electron chi connectivity index (χ4n) is 8.93. The Balaban J connectivity index is 1.15. The van der Waals surface area contributed by atoms with E-state index in [2.05, 4.69) is 161 Å². The van der Waals surface area contributed by atoms with Gasteiger partial charge in [-0.1, -0.05) is 129 Å². The van der Waals surface area contributed by atoms with Crippen LogP contribution in [0.3, 0.4) is 0 Å². The monoisotopic (exact) mass is 618 g/mol. The van der Waals surface area contributed by atoms with Gasteiger partial charge in [0.05, 0.1) is 0 Å². The van der Waals surface area contributed by atoms with E-state index in [1.54, 1.807) is 0 Å². The highest BCUT2D eigenvalue weighted by molar-refractivity contribution is 6.16. The van der Waals surface area contributed by atoms with Crippen molar-refractivity contribution in [3.8, 4) is 0 Å². The van der Waals surface area contributed by atoms with E-state index in [4.69, 9.17) is 0 Å². The second-order valence-electron chi connectivity index (χ2n) is 14.3. The van der Waals surface area contributed by atoms with Crippen LogP contribution in [0.25, 0.3) is 61.7 Å². The first-order chi connectivity index (χ1) is 23.3. The molecule has 4 aliphatic carbocycles. The van der Waals surface area contributed by atoms with Gasteiger partial charge in [0.15, 0.2) is 0 Å². The molecular formula is C47H38O. The number of hydrogen-bond acceptors (Lipinski definition) is 1. The maximum atomic E-state index is 11.8. The first kappa shape index (κ1) is 28.8. The zero-order valence-electron chi connectivity index (χ0n) is 27.9. The molecule has 5 aromatic rings. The second-order valence-corrected chi connectivity index (χ2v) is 14.3. The van der Waals surface area contributed by atoms with E-state index in [0.29, 0.717) is 5.76 Å². The highest BCUT2D eigenvalue weighted by Crippen LogP contribution is 2.54. The van der Waals surface area contributed by atoms with Gasteiger partial charge in [0, 0.05) is 17.3 Å². The molecule has 232 valence electrons. The Morgan fingerprint density at radius 1 is 0.854 bits per heavy atom. The third kappa shape index (κ3) is 4.11. The van der Waals surface area contributed by atoms with Gasteiger partial charge >= 0.3 is 0 Å². The normalized spacial score (nSPS) is 21.1. The third-order valence-electron chi connectivity index (χ3n) is 11.4. The maximum Gasteiger partial charge on any atom is 0.103 e. The molecule has 5 aromatic carbocycles. The Labute approximate surface area is 281 Å². The fourth-order valence-corrected chi connectivity index (χ4v) is 8.93. The summed E-state index contributed by atoms with van der Waals surface area (Å²) in [5.41, 5.74) is 12.9. The van der Waals surface area contributed by atoms with Crippen molar-refractivity contribution in [1.82, 2.24) is 0 Å². The Morgan fingerprint density at radius 2 is 1.60 bits per heavy atom. The summed E-state index contributed by atoms with van der Waals surface area (Å²) in [4.78, 5) is 0. The van der Waals surface area contributed by atoms with Gasteiger partial charge in [-0.3, -0.25) is 0 Å². The van der Waals surface area contributed by atoms with E-state index in [-0.39, 0.29) is 17.3 Å². The summed E-state index contributed by atoms with van der Waals surface area (Å²) >= 11 is 0. The summed E-state index contributed by atoms with van der Waals surface area (Å²) in [5.74, 6) is 0.586. The smallest absolute Gasteiger partial charge is 0.103 e. The molecule has 0 amide bonds. The van der Waals surface area contributed by atoms with E-state index in [0.717, 1.165) is 12.0 Å². The number of hydrogen-bond donors (Lipinski definition) is 1. The molecule has 1 N–H and O–H groups in total. The highest BCUT2D eigenvalue weighted by atomic mass is 16.3. The minimum absolute atomic E-state index is 0.0453. The van der Waals surface area contributed by atoms with E-state index < -0.39 is 0 Å². The zero-order valence-corrected chi connectivity index (χ0v) is 27.9. The summed E-state index contributed by atoms with van der Waals surface area (Å²) in [5, 5.41) is 22.1. The summed E-state index contributed by atoms with van der Waals surface area (Å²) < 4.78 is 0. The molecule has 1 heteroatoms. The lowest BCUT2D eigenvalue weighted by Crippen LogP contribution is -2.25. The molecule has 0 spiro atoms. The molecule has 2 atom stereocenters. The molecule has 0 aromatic heterocycles. The average Bonchev–Trinajstić information content (AvgIpc) is 3.22. The maximum absolute atomic E-state index is 11.8. The van der Waals surface area contributed by atoms with Crippen molar-refractivity contribution in [2.24, 2.45) is 17.3 Å². The van der Waals surface area contributed by atoms with E-state index in [1.807, 2.05) is 0 Å². The Hall–Kier alpha value is -5.36. The van der Waals surface area contributed by atoms with Crippen LogP contribution in [0.5, 0.6) is 0 Å². The van der Waals surface area contributed by atoms with Crippen LogP contribution in [0.15, 0.2) is 132 Å². The van der Waals surface area contributed by atoms with Crippen molar-refractivity contribution in [2.75, 3.05) is 0 Å². The minimum Gasteiger partial charge on any atom is -0.511 e. The Bertz CT molecular complexity index is 2620. The molecule has 0 bridgehead atoms. The lowest BCUT2D eigenvalue weighted by atomic mass is 9.71. The molecule has 0 saturated heterocycles. The van der Waals surface area contributed by atoms with Crippen LogP contribution in [0.2, 0.25) is 0 Å². The number of benzene rings is 5. The number of allylic oxidation sites excluding steroid dienone is 9. The van der Waals surface area contributed by atoms with Crippen molar-refractivity contribution in [3.05, 3.63) is 165 Å². The van der Waals surface area contributed by atoms with Gasteiger partial charge in [-0.2, -0.15) is 0 Å². The quantitative estimate of drug-likeness (QED) is 0.155. The lowest BCUT2D eigenvalue weighted by Gasteiger charge is -2.32. The molecular weight excluding hydrogens is 581 g/mol. The minimum atomic E-state index is -0.262. The Kier molecular flexibility index (Phi) is 6.35. The van der Waals surface area contributed by atoms with Gasteiger partial charge in [-0.05, 0) is 120 Å². The number of aliphatic hydroxyl groups is 1. The molecule has 9 rings (SSSR count). The van der Waals surface area contributed by atoms with Gasteiger partial charge in [0.2, 0.25) is 0 Å². The number of fused-ring (bicyclic) bond motifs is 4. The molecule has 4 aliphatic rings. The second kappa shape index (κ2) is 10.6. The Morgan fingerprint density at radius 3 is 2.44 bits per heavy atom. The standard InChI is InChI=1S/C47H38O/c1-5-29-10-6-12-31-21-24-37-35(15-9-17-39(37)43(29)31)28(2)26-42-46(48)40-25-22-34(27-41(40)47(42,3)4)36-23-20-33-19-18-32-13-7-11-30-14-8-16-38(36)45(33)44(30)32/h5-7,9-16,18-27,40-41,48H,17H2,1-4H3/b28-26+,29-5-. The molecule has 0 fully saturated rings. The van der Waals surface area contributed by atoms with Crippen LogP contribution < -0.4 is 10.4 Å². The van der Waals surface area contributed by atoms with Crippen molar-refractivity contribution in [3.63, 3.8) is 0 Å². The van der Waals surface area contributed by atoms with Crippen LogP contribution in [-0.4, -0.2) is 5.11 Å². The molecule has 0 saturated carbocycles. The van der Waals surface area contributed by atoms with Gasteiger partial charge in [0.1, 0.15) is 5.76 Å². The molecule has 0 heterocycles. The van der Waals surface area contributed by atoms with E-state index >= 15 is 0 Å². The van der Waals surface area contributed by atoms with E-state index in [9.17, 15) is 5.11 Å². The van der Waals surface area contributed by atoms with Crippen LogP contribution >= 0.6 is 0 Å². The largest absolute Gasteiger partial charge is 0.511 e. The summed E-state index contributed by atoms with van der Waals surface area (Å²) in [6, 6.07) is 26.6. The van der Waals surface area contributed by atoms with Crippen molar-refractivity contribution in [2.45, 2.75) is 34.1 Å². The lowest BCUT2D eigenvalue weighted by molar-refractivity contribution is 0.291. The van der Waals surface area contributed by atoms with Gasteiger partial charge in [-0.15, -0.1) is 5.73 Å². The van der Waals surface area contributed by atoms with Crippen LogP contribution in [-0.2, 0) is 6.42 Å². The van der Waals surface area contributed by atoms with Gasteiger partial charge in [0.25, 0.3) is 0 Å². The first-order valence-electron chi connectivity index (χ1n) is 17.2. The van der Waals surface area contributed by atoms with Crippen molar-refractivity contribution in [1.29, 1.82) is 0 Å². The third-order valence-corrected chi connectivity index (χ3v) is 11.4. The zero-order chi connectivity index (χ0) is 32.7. The van der Waals surface area contributed by atoms with Crippen molar-refractivity contribution >= 4 is 61.7 Å². The molecule has 48 heavy (non-hydrogen) atoms. The van der Waals surface area contributed by atoms with E-state index in [1.165, 1.54) is 81.7 Å². The summed E-state index contributed by atoms with van der Waals surface area (Å²) in [6.07, 6.45) is 21.1. The summed E-state index contributed by atoms with van der Waals surface area (Å²) in [6.45, 7) is 8.92.